The minimum atomic E-state index is 0.293. The number of hydrogen-bond donors (Lipinski definition) is 2. The molecule has 1 aromatic heterocycles. The van der Waals surface area contributed by atoms with Crippen molar-refractivity contribution in [1.29, 1.82) is 0 Å². The zero-order valence-electron chi connectivity index (χ0n) is 12.2. The van der Waals surface area contributed by atoms with Crippen molar-refractivity contribution in [2.45, 2.75) is 6.61 Å². The summed E-state index contributed by atoms with van der Waals surface area (Å²) < 4.78 is 15.5. The number of benzene rings is 1. The Morgan fingerprint density at radius 3 is 2.24 bits per heavy atom. The number of nitrogen functional groups attached to an aromatic ring is 1. The van der Waals surface area contributed by atoms with E-state index in [1.807, 2.05) is 12.1 Å². The lowest BCUT2D eigenvalue weighted by Gasteiger charge is -2.11. The molecule has 0 atom stereocenters. The summed E-state index contributed by atoms with van der Waals surface area (Å²) in [7, 11) is 4.77. The number of nitrogens with zero attached hydrogens (tertiary/aromatic N) is 2. The Bertz CT molecular complexity index is 597. The zero-order chi connectivity index (χ0) is 15.2. The van der Waals surface area contributed by atoms with E-state index >= 15 is 0 Å². The first-order valence-electron chi connectivity index (χ1n) is 6.27. The van der Waals surface area contributed by atoms with E-state index < -0.39 is 0 Å². The van der Waals surface area contributed by atoms with E-state index in [0.29, 0.717) is 35.6 Å². The lowest BCUT2D eigenvalue weighted by Crippen LogP contribution is -2.04. The van der Waals surface area contributed by atoms with E-state index in [-0.39, 0.29) is 0 Å². The van der Waals surface area contributed by atoms with Gasteiger partial charge in [0, 0.05) is 37.1 Å². The first kappa shape index (κ1) is 14.9. The topological polar surface area (TPSA) is 91.5 Å². The van der Waals surface area contributed by atoms with Gasteiger partial charge in [-0.3, -0.25) is 0 Å². The van der Waals surface area contributed by atoms with Gasteiger partial charge in [-0.2, -0.15) is 0 Å². The van der Waals surface area contributed by atoms with Crippen LogP contribution in [-0.2, 0) is 11.3 Å². The maximum absolute atomic E-state index is 5.76. The van der Waals surface area contributed by atoms with Crippen LogP contribution in [0.3, 0.4) is 0 Å². The quantitative estimate of drug-likeness (QED) is 0.840. The minimum Gasteiger partial charge on any atom is -0.497 e. The number of anilines is 3. The highest BCUT2D eigenvalue weighted by atomic mass is 16.5. The predicted octanol–water partition coefficient (Wildman–Crippen LogP) is 1.97. The van der Waals surface area contributed by atoms with Crippen molar-refractivity contribution in [3.8, 4) is 11.5 Å². The standard InChI is InChI=1S/C14H18N4O3/c1-19-8-14-17-12(15)7-13(18-14)16-9-4-10(20-2)6-11(5-9)21-3/h4-7H,8H2,1-3H3,(H3,15,16,17,18). The van der Waals surface area contributed by atoms with E-state index in [1.54, 1.807) is 33.5 Å². The second kappa shape index (κ2) is 6.76. The van der Waals surface area contributed by atoms with Gasteiger partial charge in [-0.1, -0.05) is 0 Å². The van der Waals surface area contributed by atoms with Gasteiger partial charge in [0.2, 0.25) is 0 Å². The van der Waals surface area contributed by atoms with Crippen molar-refractivity contribution in [2.24, 2.45) is 0 Å². The molecule has 0 saturated carbocycles. The number of rotatable bonds is 6. The van der Waals surface area contributed by atoms with Crippen LogP contribution in [0, 0.1) is 0 Å². The molecule has 0 amide bonds. The Balaban J connectivity index is 2.28. The maximum atomic E-state index is 5.76. The fraction of sp³-hybridized carbons (Fsp3) is 0.286. The lowest BCUT2D eigenvalue weighted by molar-refractivity contribution is 0.178. The van der Waals surface area contributed by atoms with Crippen molar-refractivity contribution in [2.75, 3.05) is 32.4 Å². The molecule has 0 aliphatic carbocycles. The highest BCUT2D eigenvalue weighted by Gasteiger charge is 2.06. The molecular formula is C14H18N4O3. The summed E-state index contributed by atoms with van der Waals surface area (Å²) in [6, 6.07) is 7.09. The third-order valence-electron chi connectivity index (χ3n) is 2.69. The summed E-state index contributed by atoms with van der Waals surface area (Å²) in [5.41, 5.74) is 6.53. The minimum absolute atomic E-state index is 0.293. The molecule has 1 aromatic carbocycles. The van der Waals surface area contributed by atoms with E-state index in [4.69, 9.17) is 19.9 Å². The molecule has 2 aromatic rings. The van der Waals surface area contributed by atoms with Crippen LogP contribution in [0.1, 0.15) is 5.82 Å². The van der Waals surface area contributed by atoms with Gasteiger partial charge in [0.05, 0.1) is 14.2 Å². The van der Waals surface area contributed by atoms with Crippen LogP contribution in [0.4, 0.5) is 17.3 Å². The smallest absolute Gasteiger partial charge is 0.158 e. The normalized spacial score (nSPS) is 10.2. The summed E-state index contributed by atoms with van der Waals surface area (Å²) in [6.07, 6.45) is 0. The van der Waals surface area contributed by atoms with Gasteiger partial charge in [-0.15, -0.1) is 0 Å². The Kier molecular flexibility index (Phi) is 4.78. The number of nitrogens with two attached hydrogens (primary N) is 1. The van der Waals surface area contributed by atoms with Crippen molar-refractivity contribution in [3.05, 3.63) is 30.1 Å². The summed E-state index contributed by atoms with van der Waals surface area (Å²) in [6.45, 7) is 0.293. The SMILES string of the molecule is COCc1nc(N)cc(Nc2cc(OC)cc(OC)c2)n1. The monoisotopic (exact) mass is 290 g/mol. The molecule has 0 aliphatic heterocycles. The first-order chi connectivity index (χ1) is 10.1. The maximum Gasteiger partial charge on any atom is 0.158 e. The van der Waals surface area contributed by atoms with Gasteiger partial charge >= 0.3 is 0 Å². The highest BCUT2D eigenvalue weighted by molar-refractivity contribution is 5.62. The van der Waals surface area contributed by atoms with E-state index in [9.17, 15) is 0 Å². The fourth-order valence-electron chi connectivity index (χ4n) is 1.80. The second-order valence-corrected chi connectivity index (χ2v) is 4.25. The number of hydrogen-bond acceptors (Lipinski definition) is 7. The highest BCUT2D eigenvalue weighted by Crippen LogP contribution is 2.27. The van der Waals surface area contributed by atoms with Crippen molar-refractivity contribution >= 4 is 17.3 Å². The Labute approximate surface area is 123 Å². The van der Waals surface area contributed by atoms with Gasteiger partial charge in [0.1, 0.15) is 29.7 Å². The molecule has 0 fully saturated rings. The van der Waals surface area contributed by atoms with Crippen molar-refractivity contribution in [3.63, 3.8) is 0 Å². The molecule has 0 spiro atoms. The first-order valence-corrected chi connectivity index (χ1v) is 6.27. The summed E-state index contributed by atoms with van der Waals surface area (Å²) in [5, 5.41) is 3.15. The fourth-order valence-corrected chi connectivity index (χ4v) is 1.80. The van der Waals surface area contributed by atoms with Gasteiger partial charge < -0.3 is 25.3 Å². The molecule has 0 saturated heterocycles. The molecule has 0 aliphatic rings. The van der Waals surface area contributed by atoms with E-state index in [1.165, 1.54) is 0 Å². The molecule has 1 heterocycles. The van der Waals surface area contributed by atoms with Crippen LogP contribution in [0.2, 0.25) is 0 Å². The molecule has 21 heavy (non-hydrogen) atoms. The molecule has 7 heteroatoms. The number of nitrogens with one attached hydrogen (secondary N) is 1. The Hall–Kier alpha value is -2.54. The van der Waals surface area contributed by atoms with Crippen LogP contribution in [0.25, 0.3) is 0 Å². The van der Waals surface area contributed by atoms with Crippen LogP contribution < -0.4 is 20.5 Å². The van der Waals surface area contributed by atoms with Gasteiger partial charge in [-0.25, -0.2) is 9.97 Å². The van der Waals surface area contributed by atoms with E-state index in [2.05, 4.69) is 15.3 Å². The summed E-state index contributed by atoms with van der Waals surface area (Å²) >= 11 is 0. The van der Waals surface area contributed by atoms with Crippen molar-refractivity contribution in [1.82, 2.24) is 9.97 Å². The predicted molar refractivity (Wildman–Crippen MR) is 80.0 cm³/mol. The van der Waals surface area contributed by atoms with Gasteiger partial charge in [-0.05, 0) is 0 Å². The third-order valence-corrected chi connectivity index (χ3v) is 2.69. The average molecular weight is 290 g/mol. The lowest BCUT2D eigenvalue weighted by atomic mass is 10.2. The van der Waals surface area contributed by atoms with Crippen molar-refractivity contribution < 1.29 is 14.2 Å². The molecule has 7 nitrogen and oxygen atoms in total. The molecule has 3 N–H and O–H groups in total. The molecule has 0 bridgehead atoms. The summed E-state index contributed by atoms with van der Waals surface area (Å²) in [5.74, 6) is 2.81. The van der Waals surface area contributed by atoms with Crippen LogP contribution in [0.15, 0.2) is 24.3 Å². The van der Waals surface area contributed by atoms with Gasteiger partial charge in [0.25, 0.3) is 0 Å². The number of ether oxygens (including phenoxy) is 3. The zero-order valence-corrected chi connectivity index (χ0v) is 12.2. The number of aromatic nitrogens is 2. The molecular weight excluding hydrogens is 272 g/mol. The van der Waals surface area contributed by atoms with E-state index in [0.717, 1.165) is 5.69 Å². The average Bonchev–Trinajstić information content (AvgIpc) is 2.46. The van der Waals surface area contributed by atoms with Gasteiger partial charge in [0.15, 0.2) is 5.82 Å². The molecule has 2 rings (SSSR count). The van der Waals surface area contributed by atoms with Crippen LogP contribution in [0.5, 0.6) is 11.5 Å². The largest absolute Gasteiger partial charge is 0.497 e. The summed E-state index contributed by atoms with van der Waals surface area (Å²) in [4.78, 5) is 8.41. The second-order valence-electron chi connectivity index (χ2n) is 4.25. The van der Waals surface area contributed by atoms with Crippen LogP contribution >= 0.6 is 0 Å². The number of methoxy groups -OCH3 is 3. The molecule has 0 unspecified atom stereocenters. The third kappa shape index (κ3) is 3.96. The molecule has 0 radical (unpaired) electrons. The Morgan fingerprint density at radius 2 is 1.67 bits per heavy atom. The van der Waals surface area contributed by atoms with Crippen LogP contribution in [-0.4, -0.2) is 31.3 Å². The Morgan fingerprint density at radius 1 is 1.00 bits per heavy atom. The molecule has 112 valence electrons.